The second kappa shape index (κ2) is 5.75. The summed E-state index contributed by atoms with van der Waals surface area (Å²) in [5.41, 5.74) is 0. The van der Waals surface area contributed by atoms with Gasteiger partial charge in [0.15, 0.2) is 5.78 Å². The van der Waals surface area contributed by atoms with E-state index < -0.39 is 12.0 Å². The molecule has 5 nitrogen and oxygen atoms in total. The van der Waals surface area contributed by atoms with Crippen molar-refractivity contribution in [2.75, 3.05) is 19.6 Å². The highest BCUT2D eigenvalue weighted by atomic mass is 16.2. The number of ketones is 1. The van der Waals surface area contributed by atoms with Gasteiger partial charge in [-0.05, 0) is 6.92 Å². The third-order valence-corrected chi connectivity index (χ3v) is 2.84. The molecule has 0 saturated carbocycles. The van der Waals surface area contributed by atoms with Gasteiger partial charge in [0.25, 0.3) is 0 Å². The summed E-state index contributed by atoms with van der Waals surface area (Å²) in [7, 11) is 0. The van der Waals surface area contributed by atoms with Crippen LogP contribution in [-0.4, -0.2) is 48.6 Å². The number of hydrogen-bond donors (Lipinski definition) is 1. The lowest BCUT2D eigenvalue weighted by Crippen LogP contribution is -2.58. The third-order valence-electron chi connectivity index (χ3n) is 2.84. The molecule has 2 unspecified atom stereocenters. The van der Waals surface area contributed by atoms with Gasteiger partial charge < -0.3 is 15.0 Å². The Hall–Kier alpha value is -1.23. The summed E-state index contributed by atoms with van der Waals surface area (Å²) in [6.45, 7) is 5.00. The standard InChI is InChI=1S/C11H18N2O3/c1-3-10(15)9-6-12-4-5-13(9)11(16)8(2)7-14/h7-9,12H,3-6H2,1-2H3. The largest absolute Gasteiger partial charge is 0.329 e. The van der Waals surface area contributed by atoms with E-state index in [0.29, 0.717) is 32.3 Å². The quantitative estimate of drug-likeness (QED) is 0.523. The average molecular weight is 226 g/mol. The van der Waals surface area contributed by atoms with Gasteiger partial charge in [0.2, 0.25) is 5.91 Å². The first-order valence-electron chi connectivity index (χ1n) is 5.61. The summed E-state index contributed by atoms with van der Waals surface area (Å²) in [4.78, 5) is 35.7. The molecule has 1 saturated heterocycles. The van der Waals surface area contributed by atoms with E-state index in [0.717, 1.165) is 0 Å². The van der Waals surface area contributed by atoms with Gasteiger partial charge in [0, 0.05) is 26.1 Å². The molecule has 1 aliphatic heterocycles. The third kappa shape index (κ3) is 2.66. The van der Waals surface area contributed by atoms with Gasteiger partial charge in [-0.15, -0.1) is 0 Å². The average Bonchev–Trinajstić information content (AvgIpc) is 2.35. The van der Waals surface area contributed by atoms with Crippen molar-refractivity contribution in [1.29, 1.82) is 0 Å². The SMILES string of the molecule is CCC(=O)C1CNCCN1C(=O)C(C)C=O. The van der Waals surface area contributed by atoms with Crippen molar-refractivity contribution < 1.29 is 14.4 Å². The van der Waals surface area contributed by atoms with E-state index in [1.165, 1.54) is 4.90 Å². The molecule has 90 valence electrons. The van der Waals surface area contributed by atoms with Crippen molar-refractivity contribution in [2.45, 2.75) is 26.3 Å². The number of carbonyl (C=O) groups is 3. The van der Waals surface area contributed by atoms with Crippen molar-refractivity contribution >= 4 is 18.0 Å². The van der Waals surface area contributed by atoms with Crippen LogP contribution < -0.4 is 5.32 Å². The first-order valence-corrected chi connectivity index (χ1v) is 5.61. The van der Waals surface area contributed by atoms with Crippen LogP contribution in [0.4, 0.5) is 0 Å². The van der Waals surface area contributed by atoms with E-state index in [4.69, 9.17) is 0 Å². The van der Waals surface area contributed by atoms with Crippen molar-refractivity contribution in [2.24, 2.45) is 5.92 Å². The summed E-state index contributed by atoms with van der Waals surface area (Å²) in [6, 6.07) is -0.409. The number of Topliss-reactive ketones (excluding diaryl/α,β-unsaturated/α-hetero) is 1. The van der Waals surface area contributed by atoms with Crippen LogP contribution in [-0.2, 0) is 14.4 Å². The Morgan fingerprint density at radius 3 is 2.81 bits per heavy atom. The second-order valence-electron chi connectivity index (χ2n) is 4.00. The first kappa shape index (κ1) is 12.8. The van der Waals surface area contributed by atoms with Crippen molar-refractivity contribution in [1.82, 2.24) is 10.2 Å². The molecule has 0 spiro atoms. The minimum Gasteiger partial charge on any atom is -0.329 e. The fraction of sp³-hybridized carbons (Fsp3) is 0.727. The molecule has 1 rings (SSSR count). The molecule has 5 heteroatoms. The van der Waals surface area contributed by atoms with E-state index in [1.54, 1.807) is 13.8 Å². The summed E-state index contributed by atoms with van der Waals surface area (Å²) in [5, 5.41) is 3.09. The number of rotatable bonds is 4. The van der Waals surface area contributed by atoms with Gasteiger partial charge in [-0.2, -0.15) is 0 Å². The summed E-state index contributed by atoms with van der Waals surface area (Å²) in [6.07, 6.45) is 1.03. The van der Waals surface area contributed by atoms with Crippen LogP contribution in [0.2, 0.25) is 0 Å². The van der Waals surface area contributed by atoms with Gasteiger partial charge in [0.1, 0.15) is 12.3 Å². The van der Waals surface area contributed by atoms with E-state index in [2.05, 4.69) is 5.32 Å². The Morgan fingerprint density at radius 2 is 2.25 bits per heavy atom. The molecular weight excluding hydrogens is 208 g/mol. The summed E-state index contributed by atoms with van der Waals surface area (Å²) >= 11 is 0. The molecule has 1 N–H and O–H groups in total. The highest BCUT2D eigenvalue weighted by Crippen LogP contribution is 2.10. The molecule has 0 bridgehead atoms. The number of aldehydes is 1. The topological polar surface area (TPSA) is 66.5 Å². The zero-order valence-electron chi connectivity index (χ0n) is 9.73. The Morgan fingerprint density at radius 1 is 1.56 bits per heavy atom. The lowest BCUT2D eigenvalue weighted by Gasteiger charge is -2.36. The first-order chi connectivity index (χ1) is 7.61. The number of nitrogens with one attached hydrogen (secondary N) is 1. The maximum absolute atomic E-state index is 11.9. The van der Waals surface area contributed by atoms with Gasteiger partial charge >= 0.3 is 0 Å². The van der Waals surface area contributed by atoms with E-state index >= 15 is 0 Å². The number of carbonyl (C=O) groups excluding carboxylic acids is 3. The predicted octanol–water partition coefficient (Wildman–Crippen LogP) is -0.399. The predicted molar refractivity (Wildman–Crippen MR) is 58.9 cm³/mol. The monoisotopic (exact) mass is 226 g/mol. The fourth-order valence-corrected chi connectivity index (χ4v) is 1.81. The van der Waals surface area contributed by atoms with Crippen LogP contribution in [0.5, 0.6) is 0 Å². The number of hydrogen-bond acceptors (Lipinski definition) is 4. The molecule has 0 aromatic rings. The van der Waals surface area contributed by atoms with Crippen LogP contribution in [0.15, 0.2) is 0 Å². The van der Waals surface area contributed by atoms with E-state index in [-0.39, 0.29) is 11.7 Å². The minimum absolute atomic E-state index is 0.0404. The van der Waals surface area contributed by atoms with Crippen LogP contribution >= 0.6 is 0 Å². The molecule has 0 aliphatic carbocycles. The zero-order chi connectivity index (χ0) is 12.1. The molecule has 0 aromatic carbocycles. The molecule has 1 heterocycles. The van der Waals surface area contributed by atoms with Gasteiger partial charge in [-0.25, -0.2) is 0 Å². The number of piperazine rings is 1. The highest BCUT2D eigenvalue weighted by molar-refractivity contribution is 5.95. The fourth-order valence-electron chi connectivity index (χ4n) is 1.81. The van der Waals surface area contributed by atoms with Crippen molar-refractivity contribution in [3.8, 4) is 0 Å². The molecule has 16 heavy (non-hydrogen) atoms. The lowest BCUT2D eigenvalue weighted by atomic mass is 10.0. The molecule has 1 fully saturated rings. The maximum atomic E-state index is 11.9. The Kier molecular flexibility index (Phi) is 4.61. The summed E-state index contributed by atoms with van der Waals surface area (Å²) < 4.78 is 0. The van der Waals surface area contributed by atoms with Gasteiger partial charge in [0.05, 0.1) is 5.92 Å². The van der Waals surface area contributed by atoms with Crippen LogP contribution in [0, 0.1) is 5.92 Å². The highest BCUT2D eigenvalue weighted by Gasteiger charge is 2.32. The molecule has 0 radical (unpaired) electrons. The number of nitrogens with zero attached hydrogens (tertiary/aromatic N) is 1. The van der Waals surface area contributed by atoms with Crippen molar-refractivity contribution in [3.63, 3.8) is 0 Å². The second-order valence-corrected chi connectivity index (χ2v) is 4.00. The van der Waals surface area contributed by atoms with E-state index in [9.17, 15) is 14.4 Å². The molecule has 0 aromatic heterocycles. The van der Waals surface area contributed by atoms with E-state index in [1.807, 2.05) is 0 Å². The molecule has 1 aliphatic rings. The maximum Gasteiger partial charge on any atom is 0.233 e. The zero-order valence-corrected chi connectivity index (χ0v) is 9.73. The molecule has 1 amide bonds. The number of amides is 1. The summed E-state index contributed by atoms with van der Waals surface area (Å²) in [5.74, 6) is -0.868. The molecular formula is C11H18N2O3. The van der Waals surface area contributed by atoms with Crippen molar-refractivity contribution in [3.05, 3.63) is 0 Å². The van der Waals surface area contributed by atoms with Gasteiger partial charge in [-0.3, -0.25) is 9.59 Å². The smallest absolute Gasteiger partial charge is 0.233 e. The molecule has 2 atom stereocenters. The normalized spacial score (nSPS) is 22.6. The van der Waals surface area contributed by atoms with Crippen LogP contribution in [0.25, 0.3) is 0 Å². The Balaban J connectivity index is 2.77. The lowest BCUT2D eigenvalue weighted by molar-refractivity contribution is -0.144. The minimum atomic E-state index is -0.662. The van der Waals surface area contributed by atoms with Crippen LogP contribution in [0.1, 0.15) is 20.3 Å². The Labute approximate surface area is 95.2 Å². The van der Waals surface area contributed by atoms with Crippen LogP contribution in [0.3, 0.4) is 0 Å². The Bertz CT molecular complexity index is 291. The van der Waals surface area contributed by atoms with Gasteiger partial charge in [-0.1, -0.05) is 6.92 Å².